The topological polar surface area (TPSA) is 197 Å². The minimum absolute atomic E-state index is 0.0348. The highest BCUT2D eigenvalue weighted by atomic mass is 16.7. The third-order valence-electron chi connectivity index (χ3n) is 8.29. The van der Waals surface area contributed by atoms with Crippen LogP contribution in [0.2, 0.25) is 0 Å². The lowest BCUT2D eigenvalue weighted by molar-refractivity contribution is -0.383. The van der Waals surface area contributed by atoms with E-state index in [0.29, 0.717) is 16.7 Å². The molecule has 1 aliphatic carbocycles. The van der Waals surface area contributed by atoms with E-state index < -0.39 is 61.2 Å². The van der Waals surface area contributed by atoms with Gasteiger partial charge in [-0.15, -0.1) is 0 Å². The van der Waals surface area contributed by atoms with E-state index in [1.165, 1.54) is 47.7 Å². The van der Waals surface area contributed by atoms with Gasteiger partial charge in [0.2, 0.25) is 17.3 Å². The Morgan fingerprint density at radius 3 is 1.88 bits per heavy atom. The number of aliphatic hydroxyl groups excluding tert-OH is 5. The summed E-state index contributed by atoms with van der Waals surface area (Å²) in [6, 6.07) is 4.65. The molecule has 2 aromatic carbocycles. The van der Waals surface area contributed by atoms with E-state index in [0.717, 1.165) is 0 Å². The summed E-state index contributed by atoms with van der Waals surface area (Å²) in [5.74, 6) is -5.18. The minimum atomic E-state index is -2.11. The first kappa shape index (κ1) is 30.9. The average Bonchev–Trinajstić information content (AvgIpc) is 2.99. The van der Waals surface area contributed by atoms with Crippen molar-refractivity contribution < 1.29 is 64.2 Å². The lowest BCUT2D eigenvalue weighted by atomic mass is 9.61. The summed E-state index contributed by atoms with van der Waals surface area (Å²) in [7, 11) is 6.69. The Balaban J connectivity index is 2.11. The molecule has 228 valence electrons. The third-order valence-corrected chi connectivity index (χ3v) is 8.29. The molecule has 2 aromatic rings. The minimum Gasteiger partial charge on any atom is -0.502 e. The standard InChI is InChI=1S/C28H38O13/c1-36-15-8-13(9-16(37-2)22(15)31)19-20-12(7-17(38-3)24(33)26(20)39-4)6-14(10-29)21(19)28(40-5)27(35)25(34)23(32)18(11-30)41-28/h7-9,14,18-19,21,23,25,27,29-35H,6,10-11H2,1-5H3/t14-,18+,19-,21?,23+,25-,27+,28+/m0/s1. The molecule has 8 atom stereocenters. The van der Waals surface area contributed by atoms with Gasteiger partial charge < -0.3 is 64.2 Å². The Hall–Kier alpha value is -3.04. The number of methoxy groups -OCH3 is 5. The molecule has 0 spiro atoms. The van der Waals surface area contributed by atoms with Gasteiger partial charge in [0.15, 0.2) is 23.0 Å². The lowest BCUT2D eigenvalue weighted by Gasteiger charge is -2.55. The van der Waals surface area contributed by atoms with Crippen LogP contribution in [0.5, 0.6) is 34.5 Å². The molecule has 1 saturated heterocycles. The molecule has 1 unspecified atom stereocenters. The summed E-state index contributed by atoms with van der Waals surface area (Å²) in [5, 5.41) is 75.3. The number of benzene rings is 2. The van der Waals surface area contributed by atoms with Crippen LogP contribution in [0.25, 0.3) is 0 Å². The molecule has 2 aliphatic rings. The fourth-order valence-corrected chi connectivity index (χ4v) is 6.38. The predicted octanol–water partition coefficient (Wildman–Crippen LogP) is -0.139. The van der Waals surface area contributed by atoms with Gasteiger partial charge in [-0.1, -0.05) is 0 Å². The van der Waals surface area contributed by atoms with Crippen molar-refractivity contribution in [2.45, 2.75) is 42.5 Å². The molecule has 41 heavy (non-hydrogen) atoms. The molecule has 0 aromatic heterocycles. The summed E-state index contributed by atoms with van der Waals surface area (Å²) in [5.41, 5.74) is 1.46. The van der Waals surface area contributed by atoms with Crippen molar-refractivity contribution in [2.75, 3.05) is 48.8 Å². The molecule has 0 radical (unpaired) electrons. The van der Waals surface area contributed by atoms with Gasteiger partial charge in [-0.2, -0.15) is 0 Å². The molecule has 0 bridgehead atoms. The molecular weight excluding hydrogens is 544 g/mol. The van der Waals surface area contributed by atoms with E-state index in [1.54, 1.807) is 6.07 Å². The van der Waals surface area contributed by atoms with Crippen LogP contribution < -0.4 is 18.9 Å². The molecule has 1 fully saturated rings. The highest BCUT2D eigenvalue weighted by Gasteiger charge is 2.63. The van der Waals surface area contributed by atoms with Gasteiger partial charge in [0.1, 0.15) is 24.4 Å². The monoisotopic (exact) mass is 582 g/mol. The summed E-state index contributed by atoms with van der Waals surface area (Å²) in [6.07, 6.45) is -6.48. The molecule has 0 saturated carbocycles. The van der Waals surface area contributed by atoms with Gasteiger partial charge >= 0.3 is 0 Å². The second kappa shape index (κ2) is 12.1. The summed E-state index contributed by atoms with van der Waals surface area (Å²) in [4.78, 5) is 0. The van der Waals surface area contributed by atoms with Crippen LogP contribution >= 0.6 is 0 Å². The van der Waals surface area contributed by atoms with Crippen LogP contribution in [0.15, 0.2) is 18.2 Å². The van der Waals surface area contributed by atoms with Gasteiger partial charge in [0.25, 0.3) is 0 Å². The molecule has 0 amide bonds. The first-order valence-electron chi connectivity index (χ1n) is 13.0. The molecule has 13 heteroatoms. The van der Waals surface area contributed by atoms with Crippen LogP contribution in [0.4, 0.5) is 0 Å². The van der Waals surface area contributed by atoms with E-state index in [1.807, 2.05) is 0 Å². The zero-order valence-electron chi connectivity index (χ0n) is 23.5. The number of rotatable bonds is 9. The number of aromatic hydroxyl groups is 2. The van der Waals surface area contributed by atoms with Gasteiger partial charge in [-0.25, -0.2) is 0 Å². The van der Waals surface area contributed by atoms with Crippen molar-refractivity contribution in [1.82, 2.24) is 0 Å². The van der Waals surface area contributed by atoms with E-state index in [9.17, 15) is 35.7 Å². The van der Waals surface area contributed by atoms with Gasteiger partial charge in [-0.05, 0) is 41.7 Å². The number of ether oxygens (including phenoxy) is 6. The van der Waals surface area contributed by atoms with Crippen LogP contribution in [0.3, 0.4) is 0 Å². The Morgan fingerprint density at radius 1 is 0.805 bits per heavy atom. The molecule has 1 heterocycles. The normalized spacial score (nSPS) is 31.3. The molecule has 4 rings (SSSR count). The molecule has 7 N–H and O–H groups in total. The van der Waals surface area contributed by atoms with Crippen molar-refractivity contribution in [3.05, 3.63) is 34.9 Å². The summed E-state index contributed by atoms with van der Waals surface area (Å²) < 4.78 is 33.8. The fourth-order valence-electron chi connectivity index (χ4n) is 6.38. The van der Waals surface area contributed by atoms with E-state index >= 15 is 0 Å². The highest BCUT2D eigenvalue weighted by Crippen LogP contribution is 2.58. The maximum Gasteiger partial charge on any atom is 0.201 e. The quantitative estimate of drug-likeness (QED) is 0.207. The lowest BCUT2D eigenvalue weighted by Crippen LogP contribution is -2.70. The third kappa shape index (κ3) is 4.80. The van der Waals surface area contributed by atoms with Crippen LogP contribution in [-0.4, -0.2) is 115 Å². The van der Waals surface area contributed by atoms with Crippen molar-refractivity contribution in [1.29, 1.82) is 0 Å². The smallest absolute Gasteiger partial charge is 0.201 e. The summed E-state index contributed by atoms with van der Waals surface area (Å²) >= 11 is 0. The Labute approximate surface area is 237 Å². The first-order chi connectivity index (χ1) is 19.6. The maximum atomic E-state index is 11.4. The highest BCUT2D eigenvalue weighted by molar-refractivity contribution is 5.64. The number of phenols is 2. The van der Waals surface area contributed by atoms with E-state index in [2.05, 4.69) is 0 Å². The van der Waals surface area contributed by atoms with E-state index in [4.69, 9.17) is 28.4 Å². The fraction of sp³-hybridized carbons (Fsp3) is 0.571. The SMILES string of the molecule is COc1cc([C@H]2c3c(cc(OC)c(O)c3OC)C[C@@H](CO)C2[C@@]2(OC)O[C@H](CO)[C@@H](O)[C@H](O)[C@H]2O)cc(OC)c1O. The predicted molar refractivity (Wildman–Crippen MR) is 142 cm³/mol. The molecular formula is C28H38O13. The Bertz CT molecular complexity index is 1210. The molecule has 1 aliphatic heterocycles. The summed E-state index contributed by atoms with van der Waals surface area (Å²) in [6.45, 7) is -1.15. The first-order valence-corrected chi connectivity index (χ1v) is 13.0. The van der Waals surface area contributed by atoms with E-state index in [-0.39, 0.29) is 40.9 Å². The van der Waals surface area contributed by atoms with Crippen molar-refractivity contribution in [3.8, 4) is 34.5 Å². The second-order valence-corrected chi connectivity index (χ2v) is 10.1. The Morgan fingerprint density at radius 2 is 1.39 bits per heavy atom. The number of hydrogen-bond donors (Lipinski definition) is 7. The second-order valence-electron chi connectivity index (χ2n) is 10.1. The maximum absolute atomic E-state index is 11.4. The van der Waals surface area contributed by atoms with Crippen molar-refractivity contribution in [2.24, 2.45) is 11.8 Å². The molecule has 13 nitrogen and oxygen atoms in total. The Kier molecular flexibility index (Phi) is 9.09. The zero-order chi connectivity index (χ0) is 30.2. The van der Waals surface area contributed by atoms with Crippen molar-refractivity contribution >= 4 is 0 Å². The van der Waals surface area contributed by atoms with Gasteiger partial charge in [0.05, 0.1) is 35.0 Å². The zero-order valence-corrected chi connectivity index (χ0v) is 23.5. The number of fused-ring (bicyclic) bond motifs is 1. The van der Waals surface area contributed by atoms with Gasteiger partial charge in [0, 0.05) is 31.1 Å². The average molecular weight is 583 g/mol. The van der Waals surface area contributed by atoms with Crippen LogP contribution in [-0.2, 0) is 15.9 Å². The van der Waals surface area contributed by atoms with Crippen molar-refractivity contribution in [3.63, 3.8) is 0 Å². The largest absolute Gasteiger partial charge is 0.502 e. The number of aliphatic hydroxyl groups is 5. The number of hydrogen-bond acceptors (Lipinski definition) is 13. The number of phenolic OH excluding ortho intramolecular Hbond substituents is 2. The van der Waals surface area contributed by atoms with Crippen LogP contribution in [0, 0.1) is 11.8 Å². The van der Waals surface area contributed by atoms with Crippen LogP contribution in [0.1, 0.15) is 22.6 Å². The van der Waals surface area contributed by atoms with Gasteiger partial charge in [-0.3, -0.25) is 0 Å².